The molecule has 170 valence electrons. The number of fused-ring (bicyclic) bond motifs is 4. The molecule has 0 bridgehead atoms. The van der Waals surface area contributed by atoms with Gasteiger partial charge in [-0.05, 0) is 90.8 Å². The molecule has 0 aromatic rings. The van der Waals surface area contributed by atoms with E-state index in [0.29, 0.717) is 0 Å². The van der Waals surface area contributed by atoms with Gasteiger partial charge < -0.3 is 14.9 Å². The number of hydrogen-bond donors (Lipinski definition) is 0. The summed E-state index contributed by atoms with van der Waals surface area (Å²) in [5.41, 5.74) is 0. The van der Waals surface area contributed by atoms with E-state index >= 15 is 0 Å². The minimum atomic E-state index is -0.826. The molecule has 0 spiro atoms. The summed E-state index contributed by atoms with van der Waals surface area (Å²) < 4.78 is 0. The fourth-order valence-electron chi connectivity index (χ4n) is 7.37. The van der Waals surface area contributed by atoms with Crippen molar-refractivity contribution >= 4 is 40.5 Å². The Bertz CT molecular complexity index is 590. The molecule has 8 atom stereocenters. The first-order valence-electron chi connectivity index (χ1n) is 11.2. The molecule has 3 saturated carbocycles. The zero-order chi connectivity index (χ0) is 19.8. The third-order valence-electron chi connectivity index (χ3n) is 8.30. The van der Waals surface area contributed by atoms with Crippen molar-refractivity contribution in [1.82, 2.24) is 0 Å². The second-order valence-corrected chi connectivity index (χ2v) is 16.4. The van der Waals surface area contributed by atoms with Crippen molar-refractivity contribution in [3.63, 3.8) is 0 Å². The van der Waals surface area contributed by atoms with Crippen molar-refractivity contribution in [2.75, 3.05) is 0 Å². The molecule has 8 unspecified atom stereocenters. The molecule has 0 amide bonds. The molecule has 0 nitrogen and oxygen atoms in total. The molecule has 0 aromatic carbocycles. The van der Waals surface area contributed by atoms with Crippen LogP contribution in [0, 0.1) is 56.3 Å². The van der Waals surface area contributed by atoms with E-state index in [0.717, 1.165) is 51.9 Å². The maximum atomic E-state index is 4.93. The summed E-state index contributed by atoms with van der Waals surface area (Å²) in [7, 11) is 9.87. The van der Waals surface area contributed by atoms with Crippen LogP contribution in [0.5, 0.6) is 0 Å². The van der Waals surface area contributed by atoms with E-state index in [4.69, 9.17) is 17.0 Å². The summed E-state index contributed by atoms with van der Waals surface area (Å²) in [6, 6.07) is 0. The van der Waals surface area contributed by atoms with Gasteiger partial charge in [-0.3, -0.25) is 0 Å². The van der Waals surface area contributed by atoms with E-state index in [9.17, 15) is 0 Å². The second-order valence-electron chi connectivity index (χ2n) is 9.77. The van der Waals surface area contributed by atoms with Crippen molar-refractivity contribution in [2.24, 2.45) is 41.4 Å². The van der Waals surface area contributed by atoms with Crippen molar-refractivity contribution in [3.05, 3.63) is 36.8 Å². The number of allylic oxidation sites excluding steroid dienone is 4. The average Bonchev–Trinajstić information content (AvgIpc) is 3.35. The number of thioether (sulfide) groups is 2. The van der Waals surface area contributed by atoms with Crippen LogP contribution in [0.2, 0.25) is 0 Å². The van der Waals surface area contributed by atoms with Crippen LogP contribution in [0.1, 0.15) is 65.7 Å². The van der Waals surface area contributed by atoms with Crippen LogP contribution in [0.4, 0.5) is 0 Å². The quantitative estimate of drug-likeness (QED) is 0.312. The van der Waals surface area contributed by atoms with Gasteiger partial charge in [-0.15, -0.1) is 23.5 Å². The van der Waals surface area contributed by atoms with Gasteiger partial charge >= 0.3 is 37.9 Å². The third kappa shape index (κ3) is 5.64. The van der Waals surface area contributed by atoms with E-state index in [-0.39, 0.29) is 14.9 Å². The SMILES string of the molecule is CC1=CC2C3C=C(C)SC3C(CCC3C(C)CC4CCCCC43)C2S1.[CH3-].[CH3-].[Cl][Zr+2][Cl]. The van der Waals surface area contributed by atoms with Gasteiger partial charge in [0.2, 0.25) is 0 Å². The van der Waals surface area contributed by atoms with Gasteiger partial charge in [0, 0.05) is 10.5 Å². The molecule has 3 aliphatic carbocycles. The molecule has 5 rings (SSSR count). The molecule has 30 heavy (non-hydrogen) atoms. The standard InChI is InChI=1S/C23H34S2.2CH3.2ClH.Zr/c1-13-10-16-6-4-5-7-18(16)17(13)8-9-19-22-20(11-14(2)24-22)21-12-15(3)25-23(19)21;;;;;/h11-13,16-23H,4-10H2,1-3H3;2*1H3;2*1H;/q;2*-1;;;+4/p-2. The summed E-state index contributed by atoms with van der Waals surface area (Å²) in [4.78, 5) is 3.20. The molecule has 5 aliphatic rings. The topological polar surface area (TPSA) is 0 Å². The number of hydrogen-bond acceptors (Lipinski definition) is 2. The first-order valence-corrected chi connectivity index (χ1v) is 19.3. The van der Waals surface area contributed by atoms with Crippen molar-refractivity contribution in [3.8, 4) is 0 Å². The van der Waals surface area contributed by atoms with Crippen LogP contribution in [-0.4, -0.2) is 10.5 Å². The predicted octanol–water partition coefficient (Wildman–Crippen LogP) is 9.41. The zero-order valence-corrected chi connectivity index (χ0v) is 25.0. The maximum absolute atomic E-state index is 4.93. The van der Waals surface area contributed by atoms with Crippen LogP contribution >= 0.6 is 40.5 Å². The Labute approximate surface area is 214 Å². The van der Waals surface area contributed by atoms with Gasteiger partial charge in [-0.1, -0.05) is 38.3 Å². The van der Waals surface area contributed by atoms with Gasteiger partial charge in [0.25, 0.3) is 0 Å². The van der Waals surface area contributed by atoms with E-state index in [1.54, 1.807) is 29.1 Å². The molecule has 0 saturated heterocycles. The van der Waals surface area contributed by atoms with Gasteiger partial charge in [-0.2, -0.15) is 0 Å². The Morgan fingerprint density at radius 2 is 1.40 bits per heavy atom. The van der Waals surface area contributed by atoms with Crippen LogP contribution in [-0.2, 0) is 20.8 Å². The zero-order valence-electron chi connectivity index (χ0n) is 19.4. The Hall–Kier alpha value is 1.64. The van der Waals surface area contributed by atoms with Crippen molar-refractivity contribution in [2.45, 2.75) is 76.2 Å². The molecule has 5 heteroatoms. The van der Waals surface area contributed by atoms with Crippen molar-refractivity contribution in [1.29, 1.82) is 0 Å². The van der Waals surface area contributed by atoms with Crippen LogP contribution in [0.25, 0.3) is 0 Å². The average molecular weight is 567 g/mol. The molecule has 3 fully saturated rings. The fraction of sp³-hybridized carbons (Fsp3) is 0.760. The van der Waals surface area contributed by atoms with Crippen LogP contribution < -0.4 is 0 Å². The molecular weight excluding hydrogens is 527 g/mol. The Morgan fingerprint density at radius 1 is 0.900 bits per heavy atom. The molecule has 0 aromatic heterocycles. The Balaban J connectivity index is 0.000000607. The van der Waals surface area contributed by atoms with Crippen LogP contribution in [0.15, 0.2) is 22.0 Å². The summed E-state index contributed by atoms with van der Waals surface area (Å²) in [5.74, 6) is 6.84. The van der Waals surface area contributed by atoms with E-state index in [2.05, 4.69) is 56.4 Å². The molecule has 0 N–H and O–H groups in total. The van der Waals surface area contributed by atoms with Gasteiger partial charge in [0.1, 0.15) is 0 Å². The fourth-order valence-corrected chi connectivity index (χ4v) is 10.6. The summed E-state index contributed by atoms with van der Waals surface area (Å²) in [6.07, 6.45) is 15.9. The predicted molar refractivity (Wildman–Crippen MR) is 137 cm³/mol. The molecular formula is C25H40Cl2S2Zr. The van der Waals surface area contributed by atoms with Crippen LogP contribution in [0.3, 0.4) is 0 Å². The molecule has 2 aliphatic heterocycles. The van der Waals surface area contributed by atoms with Gasteiger partial charge in [-0.25, -0.2) is 0 Å². The van der Waals surface area contributed by atoms with Crippen molar-refractivity contribution < 1.29 is 20.8 Å². The van der Waals surface area contributed by atoms with Gasteiger partial charge in [0.15, 0.2) is 0 Å². The second kappa shape index (κ2) is 12.4. The minimum absolute atomic E-state index is 0. The molecule has 2 heterocycles. The first-order chi connectivity index (χ1) is 13.5. The van der Waals surface area contributed by atoms with Gasteiger partial charge in [0.05, 0.1) is 0 Å². The van der Waals surface area contributed by atoms with E-state index in [1.807, 2.05) is 0 Å². The van der Waals surface area contributed by atoms with E-state index in [1.165, 1.54) is 25.7 Å². The summed E-state index contributed by atoms with van der Waals surface area (Å²) in [6.45, 7) is 7.27. The Kier molecular flexibility index (Phi) is 11.5. The van der Waals surface area contributed by atoms with E-state index < -0.39 is 20.8 Å². The summed E-state index contributed by atoms with van der Waals surface area (Å²) >= 11 is 3.63. The third-order valence-corrected chi connectivity index (χ3v) is 11.2. The first kappa shape index (κ1) is 27.9. The number of halogens is 2. The monoisotopic (exact) mass is 564 g/mol. The number of rotatable bonds is 3. The Morgan fingerprint density at radius 3 is 1.97 bits per heavy atom. The normalized spacial score (nSPS) is 42.9. The molecule has 0 radical (unpaired) electrons. The summed E-state index contributed by atoms with van der Waals surface area (Å²) in [5, 5.41) is 1.79.